The van der Waals surface area contributed by atoms with Gasteiger partial charge >= 0.3 is 0 Å². The van der Waals surface area contributed by atoms with Gasteiger partial charge in [0.1, 0.15) is 5.82 Å². The van der Waals surface area contributed by atoms with Gasteiger partial charge in [0.25, 0.3) is 0 Å². The van der Waals surface area contributed by atoms with Crippen LogP contribution in [0.1, 0.15) is 25.7 Å². The van der Waals surface area contributed by atoms with E-state index in [1.165, 1.54) is 12.8 Å². The molecule has 1 aliphatic rings. The van der Waals surface area contributed by atoms with Crippen LogP contribution < -0.4 is 11.1 Å². The van der Waals surface area contributed by atoms with Crippen molar-refractivity contribution in [1.82, 2.24) is 15.0 Å². The largest absolute Gasteiger partial charge is 0.365 e. The topological polar surface area (TPSA) is 76.7 Å². The number of rotatable bonds is 3. The molecular formula is C19H21N5. The zero-order valence-corrected chi connectivity index (χ0v) is 13.5. The van der Waals surface area contributed by atoms with Crippen molar-refractivity contribution in [3.8, 4) is 11.3 Å². The number of fused-ring (bicyclic) bond motifs is 1. The van der Waals surface area contributed by atoms with Crippen LogP contribution >= 0.6 is 0 Å². The summed E-state index contributed by atoms with van der Waals surface area (Å²) in [6.07, 6.45) is 11.9. The predicted molar refractivity (Wildman–Crippen MR) is 96.6 cm³/mol. The summed E-state index contributed by atoms with van der Waals surface area (Å²) in [5.41, 5.74) is 8.28. The second-order valence-corrected chi connectivity index (χ2v) is 6.39. The molecule has 24 heavy (non-hydrogen) atoms. The van der Waals surface area contributed by atoms with Gasteiger partial charge in [-0.15, -0.1) is 0 Å². The third-order valence-electron chi connectivity index (χ3n) is 4.75. The van der Waals surface area contributed by atoms with E-state index in [1.54, 1.807) is 12.4 Å². The SMILES string of the molecule is NC1CCCCC1Nc1nc(-c2ccncc2)cc2cnccc12. The summed E-state index contributed by atoms with van der Waals surface area (Å²) in [4.78, 5) is 13.2. The highest BCUT2D eigenvalue weighted by molar-refractivity contribution is 5.94. The maximum atomic E-state index is 6.31. The third-order valence-corrected chi connectivity index (χ3v) is 4.75. The molecule has 5 nitrogen and oxygen atoms in total. The van der Waals surface area contributed by atoms with E-state index in [0.29, 0.717) is 0 Å². The number of nitrogens with two attached hydrogens (primary N) is 1. The highest BCUT2D eigenvalue weighted by atomic mass is 15.0. The Hall–Kier alpha value is -2.53. The third kappa shape index (κ3) is 2.95. The standard InChI is InChI=1S/C19H21N5/c20-16-3-1-2-4-17(16)23-19-15-7-10-22-12-14(15)11-18(24-19)13-5-8-21-9-6-13/h5-12,16-17H,1-4,20H2,(H,23,24). The van der Waals surface area contributed by atoms with E-state index in [4.69, 9.17) is 10.7 Å². The smallest absolute Gasteiger partial charge is 0.134 e. The van der Waals surface area contributed by atoms with Crippen LogP contribution in [0, 0.1) is 0 Å². The number of anilines is 1. The quantitative estimate of drug-likeness (QED) is 0.774. The fourth-order valence-corrected chi connectivity index (χ4v) is 3.39. The number of hydrogen-bond donors (Lipinski definition) is 2. The molecule has 1 fully saturated rings. The molecule has 0 saturated heterocycles. The molecule has 5 heteroatoms. The Morgan fingerprint density at radius 1 is 1.00 bits per heavy atom. The molecular weight excluding hydrogens is 298 g/mol. The summed E-state index contributed by atoms with van der Waals surface area (Å²) in [7, 11) is 0. The number of aromatic nitrogens is 3. The van der Waals surface area contributed by atoms with Crippen LogP contribution in [0.15, 0.2) is 49.1 Å². The highest BCUT2D eigenvalue weighted by Gasteiger charge is 2.22. The van der Waals surface area contributed by atoms with Gasteiger partial charge in [0.05, 0.1) is 5.69 Å². The fraction of sp³-hybridized carbons (Fsp3) is 0.316. The minimum atomic E-state index is 0.182. The van der Waals surface area contributed by atoms with E-state index in [0.717, 1.165) is 40.7 Å². The Kier molecular flexibility index (Phi) is 4.09. The van der Waals surface area contributed by atoms with E-state index in [9.17, 15) is 0 Å². The van der Waals surface area contributed by atoms with Crippen molar-refractivity contribution in [1.29, 1.82) is 0 Å². The molecule has 0 aromatic carbocycles. The molecule has 3 aromatic rings. The summed E-state index contributed by atoms with van der Waals surface area (Å²) in [5, 5.41) is 5.76. The molecule has 0 aliphatic heterocycles. The Balaban J connectivity index is 1.78. The zero-order valence-electron chi connectivity index (χ0n) is 13.5. The van der Waals surface area contributed by atoms with Gasteiger partial charge in [0.15, 0.2) is 0 Å². The second kappa shape index (κ2) is 6.53. The minimum Gasteiger partial charge on any atom is -0.365 e. The summed E-state index contributed by atoms with van der Waals surface area (Å²) >= 11 is 0. The van der Waals surface area contributed by atoms with Gasteiger partial charge in [-0.25, -0.2) is 4.98 Å². The lowest BCUT2D eigenvalue weighted by Gasteiger charge is -2.30. The summed E-state index contributed by atoms with van der Waals surface area (Å²) < 4.78 is 0. The van der Waals surface area contributed by atoms with Crippen molar-refractivity contribution in [3.05, 3.63) is 49.1 Å². The molecule has 4 rings (SSSR count). The van der Waals surface area contributed by atoms with Crippen molar-refractivity contribution in [2.75, 3.05) is 5.32 Å². The monoisotopic (exact) mass is 319 g/mol. The maximum Gasteiger partial charge on any atom is 0.134 e. The fourth-order valence-electron chi connectivity index (χ4n) is 3.39. The number of hydrogen-bond acceptors (Lipinski definition) is 5. The van der Waals surface area contributed by atoms with Crippen LogP contribution in [0.3, 0.4) is 0 Å². The van der Waals surface area contributed by atoms with Crippen LogP contribution in [0.2, 0.25) is 0 Å². The molecule has 122 valence electrons. The summed E-state index contributed by atoms with van der Waals surface area (Å²) in [5.74, 6) is 0.893. The van der Waals surface area contributed by atoms with E-state index in [-0.39, 0.29) is 12.1 Å². The molecule has 1 saturated carbocycles. The van der Waals surface area contributed by atoms with Gasteiger partial charge in [0, 0.05) is 53.2 Å². The molecule has 3 heterocycles. The van der Waals surface area contributed by atoms with Gasteiger partial charge in [0.2, 0.25) is 0 Å². The van der Waals surface area contributed by atoms with Gasteiger partial charge in [-0.2, -0.15) is 0 Å². The van der Waals surface area contributed by atoms with Gasteiger partial charge in [-0.05, 0) is 37.1 Å². The lowest BCUT2D eigenvalue weighted by atomic mass is 9.91. The minimum absolute atomic E-state index is 0.182. The number of nitrogens with one attached hydrogen (secondary N) is 1. The first-order valence-electron chi connectivity index (χ1n) is 8.48. The molecule has 0 bridgehead atoms. The van der Waals surface area contributed by atoms with Crippen LogP contribution in [0.25, 0.3) is 22.0 Å². The molecule has 2 atom stereocenters. The van der Waals surface area contributed by atoms with E-state index < -0.39 is 0 Å². The molecule has 0 amide bonds. The number of pyridine rings is 3. The Morgan fingerprint density at radius 3 is 2.62 bits per heavy atom. The van der Waals surface area contributed by atoms with E-state index in [1.807, 2.05) is 30.6 Å². The van der Waals surface area contributed by atoms with Crippen LogP contribution in [-0.2, 0) is 0 Å². The van der Waals surface area contributed by atoms with E-state index >= 15 is 0 Å². The first-order chi connectivity index (χ1) is 11.8. The van der Waals surface area contributed by atoms with Crippen molar-refractivity contribution in [2.24, 2.45) is 5.73 Å². The molecule has 2 unspecified atom stereocenters. The summed E-state index contributed by atoms with van der Waals surface area (Å²) in [6.45, 7) is 0. The molecule has 3 N–H and O–H groups in total. The Labute approximate surface area is 141 Å². The Bertz CT molecular complexity index is 834. The number of nitrogens with zero attached hydrogens (tertiary/aromatic N) is 3. The van der Waals surface area contributed by atoms with Gasteiger partial charge in [-0.3, -0.25) is 9.97 Å². The van der Waals surface area contributed by atoms with Crippen LogP contribution in [-0.4, -0.2) is 27.0 Å². The highest BCUT2D eigenvalue weighted by Crippen LogP contribution is 2.29. The van der Waals surface area contributed by atoms with Gasteiger partial charge < -0.3 is 11.1 Å². The molecule has 3 aromatic heterocycles. The van der Waals surface area contributed by atoms with E-state index in [2.05, 4.69) is 21.4 Å². The van der Waals surface area contributed by atoms with Crippen molar-refractivity contribution in [3.63, 3.8) is 0 Å². The lowest BCUT2D eigenvalue weighted by molar-refractivity contribution is 0.403. The maximum absolute atomic E-state index is 6.31. The van der Waals surface area contributed by atoms with Crippen LogP contribution in [0.5, 0.6) is 0 Å². The lowest BCUT2D eigenvalue weighted by Crippen LogP contribution is -2.42. The average molecular weight is 319 g/mol. The second-order valence-electron chi connectivity index (χ2n) is 6.39. The molecule has 1 aliphatic carbocycles. The van der Waals surface area contributed by atoms with Crippen molar-refractivity contribution >= 4 is 16.6 Å². The Morgan fingerprint density at radius 2 is 1.79 bits per heavy atom. The van der Waals surface area contributed by atoms with Gasteiger partial charge in [-0.1, -0.05) is 12.8 Å². The van der Waals surface area contributed by atoms with Crippen molar-refractivity contribution < 1.29 is 0 Å². The predicted octanol–water partition coefficient (Wildman–Crippen LogP) is 3.37. The average Bonchev–Trinajstić information content (AvgIpc) is 2.64. The molecule has 0 radical (unpaired) electrons. The molecule has 0 spiro atoms. The zero-order chi connectivity index (χ0) is 16.4. The first-order valence-corrected chi connectivity index (χ1v) is 8.48. The normalized spacial score (nSPS) is 20.9. The van der Waals surface area contributed by atoms with Crippen LogP contribution in [0.4, 0.5) is 5.82 Å². The first kappa shape index (κ1) is 15.0. The van der Waals surface area contributed by atoms with Crippen molar-refractivity contribution in [2.45, 2.75) is 37.8 Å². The summed E-state index contributed by atoms with van der Waals surface area (Å²) in [6, 6.07) is 8.48.